The summed E-state index contributed by atoms with van der Waals surface area (Å²) in [4.78, 5) is 0. The van der Waals surface area contributed by atoms with Crippen LogP contribution in [0, 0.1) is 0 Å². The fourth-order valence-electron chi connectivity index (χ4n) is 0.619. The van der Waals surface area contributed by atoms with Gasteiger partial charge in [-0.3, -0.25) is 0 Å². The van der Waals surface area contributed by atoms with Crippen LogP contribution in [0.25, 0.3) is 0 Å². The van der Waals surface area contributed by atoms with E-state index >= 15 is 0 Å². The molecule has 1 aliphatic heterocycles. The quantitative estimate of drug-likeness (QED) is 0.456. The van der Waals surface area contributed by atoms with Crippen molar-refractivity contribution in [2.24, 2.45) is 10.2 Å². The average Bonchev–Trinajstić information content (AvgIpc) is 1.77. The minimum absolute atomic E-state index is 0.402. The van der Waals surface area contributed by atoms with Gasteiger partial charge in [-0.05, 0) is 20.3 Å². The van der Waals surface area contributed by atoms with Gasteiger partial charge in [-0.25, -0.2) is 0 Å². The minimum atomic E-state index is 0.402. The molecular weight excluding hydrogens is 100 g/mol. The molecule has 2 nitrogen and oxygen atoms in total. The maximum atomic E-state index is 3.97. The van der Waals surface area contributed by atoms with Crippen molar-refractivity contribution >= 4 is 0 Å². The van der Waals surface area contributed by atoms with E-state index in [1.807, 2.05) is 6.92 Å². The summed E-state index contributed by atoms with van der Waals surface area (Å²) in [6.45, 7) is 4.03. The molecule has 0 saturated carbocycles. The molecule has 44 valence electrons. The first kappa shape index (κ1) is 5.48. The highest BCUT2D eigenvalue weighted by Gasteiger charge is 2.00. The van der Waals surface area contributed by atoms with E-state index in [1.54, 1.807) is 0 Å². The third-order valence-corrected chi connectivity index (χ3v) is 1.17. The van der Waals surface area contributed by atoms with Crippen LogP contribution in [-0.2, 0) is 0 Å². The molecule has 0 radical (unpaired) electrons. The summed E-state index contributed by atoms with van der Waals surface area (Å²) in [5, 5.41) is 7.86. The van der Waals surface area contributed by atoms with Gasteiger partial charge in [-0.1, -0.05) is 6.08 Å². The Morgan fingerprint density at radius 1 is 1.75 bits per heavy atom. The summed E-state index contributed by atoms with van der Waals surface area (Å²) in [6.07, 6.45) is 3.16. The van der Waals surface area contributed by atoms with Gasteiger partial charge >= 0.3 is 0 Å². The van der Waals surface area contributed by atoms with Gasteiger partial charge in [-0.2, -0.15) is 10.2 Å². The summed E-state index contributed by atoms with van der Waals surface area (Å²) < 4.78 is 0. The smallest absolute Gasteiger partial charge is 0.0719 e. The molecule has 1 unspecified atom stereocenters. The number of azo groups is 1. The Kier molecular flexibility index (Phi) is 1.42. The Bertz CT molecular complexity index is 135. The second-order valence-electron chi connectivity index (χ2n) is 2.15. The summed E-state index contributed by atoms with van der Waals surface area (Å²) in [5.41, 5.74) is 1.04. The average molecular weight is 110 g/mol. The highest BCUT2D eigenvalue weighted by atomic mass is 15.1. The predicted octanol–water partition coefficient (Wildman–Crippen LogP) is 2.13. The zero-order valence-corrected chi connectivity index (χ0v) is 5.26. The van der Waals surface area contributed by atoms with Crippen molar-refractivity contribution in [3.63, 3.8) is 0 Å². The van der Waals surface area contributed by atoms with Gasteiger partial charge in [-0.15, -0.1) is 0 Å². The zero-order chi connectivity index (χ0) is 5.98. The molecule has 1 atom stereocenters. The molecule has 0 N–H and O–H groups in total. The molecule has 0 saturated heterocycles. The van der Waals surface area contributed by atoms with Crippen LogP contribution in [-0.4, -0.2) is 6.04 Å². The maximum Gasteiger partial charge on any atom is 0.0719 e. The van der Waals surface area contributed by atoms with Crippen molar-refractivity contribution in [3.05, 3.63) is 11.8 Å². The van der Waals surface area contributed by atoms with Crippen molar-refractivity contribution in [1.29, 1.82) is 0 Å². The maximum absolute atomic E-state index is 3.97. The van der Waals surface area contributed by atoms with E-state index < -0.39 is 0 Å². The number of rotatable bonds is 0. The Labute approximate surface area is 49.3 Å². The molecule has 1 rings (SSSR count). The van der Waals surface area contributed by atoms with Gasteiger partial charge in [0.2, 0.25) is 0 Å². The van der Waals surface area contributed by atoms with E-state index in [0.29, 0.717) is 6.04 Å². The monoisotopic (exact) mass is 110 g/mol. The third kappa shape index (κ3) is 1.15. The summed E-state index contributed by atoms with van der Waals surface area (Å²) >= 11 is 0. The summed E-state index contributed by atoms with van der Waals surface area (Å²) in [7, 11) is 0. The molecule has 1 heterocycles. The molecular formula is C6H10N2. The van der Waals surface area contributed by atoms with Gasteiger partial charge in [0.05, 0.1) is 11.7 Å². The van der Waals surface area contributed by atoms with E-state index in [1.165, 1.54) is 0 Å². The second kappa shape index (κ2) is 2.07. The molecule has 0 amide bonds. The number of nitrogens with zero attached hydrogens (tertiary/aromatic N) is 2. The molecule has 2 heteroatoms. The van der Waals surface area contributed by atoms with Crippen molar-refractivity contribution in [1.82, 2.24) is 0 Å². The molecule has 0 spiro atoms. The topological polar surface area (TPSA) is 24.7 Å². The van der Waals surface area contributed by atoms with Crippen LogP contribution in [0.2, 0.25) is 0 Å². The highest BCUT2D eigenvalue weighted by Crippen LogP contribution is 2.10. The highest BCUT2D eigenvalue weighted by molar-refractivity contribution is 4.98. The van der Waals surface area contributed by atoms with Crippen LogP contribution in [0.3, 0.4) is 0 Å². The van der Waals surface area contributed by atoms with Gasteiger partial charge in [0, 0.05) is 0 Å². The first-order valence-electron chi connectivity index (χ1n) is 2.86. The molecule has 0 aromatic carbocycles. The lowest BCUT2D eigenvalue weighted by atomic mass is 10.2. The Balaban J connectivity index is 2.58. The number of hydrogen-bond donors (Lipinski definition) is 0. The van der Waals surface area contributed by atoms with Crippen LogP contribution < -0.4 is 0 Å². The first-order chi connectivity index (χ1) is 3.79. The fraction of sp³-hybridized carbons (Fsp3) is 0.667. The molecule has 0 aromatic rings. The second-order valence-corrected chi connectivity index (χ2v) is 2.15. The molecule has 8 heavy (non-hydrogen) atoms. The van der Waals surface area contributed by atoms with Crippen LogP contribution in [0.4, 0.5) is 0 Å². The van der Waals surface area contributed by atoms with E-state index in [2.05, 4.69) is 23.2 Å². The van der Waals surface area contributed by atoms with Gasteiger partial charge in [0.1, 0.15) is 0 Å². The Hall–Kier alpha value is -0.660. The normalized spacial score (nSPS) is 27.8. The molecule has 0 aliphatic carbocycles. The Morgan fingerprint density at radius 3 is 2.88 bits per heavy atom. The lowest BCUT2D eigenvalue weighted by Crippen LogP contribution is -1.97. The van der Waals surface area contributed by atoms with Gasteiger partial charge in [0.25, 0.3) is 0 Å². The lowest BCUT2D eigenvalue weighted by Gasteiger charge is -2.04. The van der Waals surface area contributed by atoms with Gasteiger partial charge < -0.3 is 0 Å². The number of hydrogen-bond acceptors (Lipinski definition) is 2. The molecule has 0 aromatic heterocycles. The van der Waals surface area contributed by atoms with E-state index in [0.717, 1.165) is 12.1 Å². The first-order valence-corrected chi connectivity index (χ1v) is 2.86. The van der Waals surface area contributed by atoms with E-state index in [-0.39, 0.29) is 0 Å². The van der Waals surface area contributed by atoms with Crippen molar-refractivity contribution in [2.45, 2.75) is 26.3 Å². The molecule has 0 fully saturated rings. The van der Waals surface area contributed by atoms with Crippen LogP contribution in [0.1, 0.15) is 20.3 Å². The van der Waals surface area contributed by atoms with Crippen LogP contribution in [0.15, 0.2) is 22.0 Å². The van der Waals surface area contributed by atoms with E-state index in [4.69, 9.17) is 0 Å². The van der Waals surface area contributed by atoms with Crippen molar-refractivity contribution < 1.29 is 0 Å². The van der Waals surface area contributed by atoms with Crippen molar-refractivity contribution in [3.8, 4) is 0 Å². The molecule has 1 aliphatic rings. The van der Waals surface area contributed by atoms with Crippen molar-refractivity contribution in [2.75, 3.05) is 0 Å². The van der Waals surface area contributed by atoms with Crippen LogP contribution >= 0.6 is 0 Å². The lowest BCUT2D eigenvalue weighted by molar-refractivity contribution is 0.679. The van der Waals surface area contributed by atoms with Gasteiger partial charge in [0.15, 0.2) is 0 Å². The number of allylic oxidation sites excluding steroid dienone is 1. The summed E-state index contributed by atoms with van der Waals surface area (Å²) in [5.74, 6) is 0. The fourth-order valence-corrected chi connectivity index (χ4v) is 0.619. The SMILES string of the molecule is CC1=CCC(C)N=N1. The Morgan fingerprint density at radius 2 is 2.50 bits per heavy atom. The largest absolute Gasteiger partial charge is 0.186 e. The van der Waals surface area contributed by atoms with E-state index in [9.17, 15) is 0 Å². The molecule has 0 bridgehead atoms. The zero-order valence-electron chi connectivity index (χ0n) is 5.26. The standard InChI is InChI=1S/C6H10N2/c1-5-3-4-6(2)8-7-5/h3,6H,4H2,1-2H3. The minimum Gasteiger partial charge on any atom is -0.186 e. The third-order valence-electron chi connectivity index (χ3n) is 1.17. The van der Waals surface area contributed by atoms with Crippen LogP contribution in [0.5, 0.6) is 0 Å². The summed E-state index contributed by atoms with van der Waals surface area (Å²) in [6, 6.07) is 0.402. The predicted molar refractivity (Wildman–Crippen MR) is 32.7 cm³/mol.